The zero-order valence-corrected chi connectivity index (χ0v) is 19.7. The van der Waals surface area contributed by atoms with E-state index in [0.717, 1.165) is 5.56 Å². The second kappa shape index (κ2) is 12.7. The molecule has 0 aliphatic carbocycles. The van der Waals surface area contributed by atoms with Gasteiger partial charge in [0.05, 0.1) is 19.0 Å². The van der Waals surface area contributed by atoms with Crippen LogP contribution in [0.4, 0.5) is 15.8 Å². The van der Waals surface area contributed by atoms with E-state index in [1.807, 2.05) is 19.1 Å². The molecular formula is C26H25FN4O5. The van der Waals surface area contributed by atoms with E-state index in [1.54, 1.807) is 36.4 Å². The van der Waals surface area contributed by atoms with E-state index in [-0.39, 0.29) is 18.0 Å². The lowest BCUT2D eigenvalue weighted by Crippen LogP contribution is -2.24. The lowest BCUT2D eigenvalue weighted by molar-refractivity contribution is -0.126. The van der Waals surface area contributed by atoms with Gasteiger partial charge < -0.3 is 20.1 Å². The van der Waals surface area contributed by atoms with Gasteiger partial charge >= 0.3 is 0 Å². The predicted octanol–water partition coefficient (Wildman–Crippen LogP) is 3.64. The van der Waals surface area contributed by atoms with E-state index in [4.69, 9.17) is 9.47 Å². The lowest BCUT2D eigenvalue weighted by Gasteiger charge is -2.11. The number of carbonyl (C=O) groups is 3. The molecule has 0 unspecified atom stereocenters. The molecule has 10 heteroatoms. The number of nitrogens with one attached hydrogen (secondary N) is 3. The van der Waals surface area contributed by atoms with Crippen molar-refractivity contribution < 1.29 is 28.2 Å². The van der Waals surface area contributed by atoms with Crippen LogP contribution >= 0.6 is 0 Å². The van der Waals surface area contributed by atoms with Crippen LogP contribution in [0.25, 0.3) is 0 Å². The van der Waals surface area contributed by atoms with Crippen LogP contribution in [0.3, 0.4) is 0 Å². The second-order valence-electron chi connectivity index (χ2n) is 7.61. The van der Waals surface area contributed by atoms with Gasteiger partial charge in [-0.1, -0.05) is 29.8 Å². The molecule has 3 N–H and O–H groups in total. The number of para-hydroxylation sites is 1. The van der Waals surface area contributed by atoms with Gasteiger partial charge in [-0.05, 0) is 55.0 Å². The third kappa shape index (κ3) is 7.94. The molecule has 0 spiro atoms. The van der Waals surface area contributed by atoms with Gasteiger partial charge in [0.1, 0.15) is 12.2 Å². The average molecular weight is 493 g/mol. The fourth-order valence-electron chi connectivity index (χ4n) is 2.98. The molecule has 36 heavy (non-hydrogen) atoms. The maximum absolute atomic E-state index is 13.7. The number of anilines is 2. The highest BCUT2D eigenvalue weighted by Crippen LogP contribution is 2.27. The molecule has 186 valence electrons. The number of aryl methyl sites for hydroxylation is 1. The van der Waals surface area contributed by atoms with Gasteiger partial charge in [-0.2, -0.15) is 5.10 Å². The highest BCUT2D eigenvalue weighted by molar-refractivity contribution is 6.03. The summed E-state index contributed by atoms with van der Waals surface area (Å²) in [7, 11) is 1.43. The minimum Gasteiger partial charge on any atom is -0.493 e. The van der Waals surface area contributed by atoms with Crippen molar-refractivity contribution in [2.45, 2.75) is 13.3 Å². The molecule has 0 aromatic heterocycles. The largest absolute Gasteiger partial charge is 0.493 e. The molecule has 0 heterocycles. The first-order chi connectivity index (χ1) is 17.3. The molecule has 0 aliphatic heterocycles. The van der Waals surface area contributed by atoms with Crippen molar-refractivity contribution in [2.24, 2.45) is 5.10 Å². The Morgan fingerprint density at radius 2 is 1.67 bits per heavy atom. The summed E-state index contributed by atoms with van der Waals surface area (Å²) in [4.78, 5) is 36.0. The maximum Gasteiger partial charge on any atom is 0.262 e. The summed E-state index contributed by atoms with van der Waals surface area (Å²) in [5.41, 5.74) is 4.57. The number of ether oxygens (including phenoxy) is 2. The van der Waals surface area contributed by atoms with Crippen molar-refractivity contribution >= 4 is 35.3 Å². The van der Waals surface area contributed by atoms with E-state index in [1.165, 1.54) is 31.5 Å². The quantitative estimate of drug-likeness (QED) is 0.227. The summed E-state index contributed by atoms with van der Waals surface area (Å²) in [5.74, 6) is -1.53. The van der Waals surface area contributed by atoms with Gasteiger partial charge in [0, 0.05) is 5.69 Å². The number of hydrogen-bond donors (Lipinski definition) is 3. The Morgan fingerprint density at radius 3 is 2.39 bits per heavy atom. The Balaban J connectivity index is 1.48. The van der Waals surface area contributed by atoms with Crippen molar-refractivity contribution in [2.75, 3.05) is 24.4 Å². The molecule has 0 radical (unpaired) electrons. The number of rotatable bonds is 10. The SMILES string of the molecule is COc1cc(C=NNC(=O)CC(=O)Nc2ccc(C)cc2)ccc1OCC(=O)Nc1ccccc1F. The Hall–Kier alpha value is -4.73. The first-order valence-electron chi connectivity index (χ1n) is 10.9. The monoisotopic (exact) mass is 492 g/mol. The summed E-state index contributed by atoms with van der Waals surface area (Å²) < 4.78 is 24.4. The number of methoxy groups -OCH3 is 1. The minimum absolute atomic E-state index is 0.0549. The molecule has 0 aliphatic rings. The van der Waals surface area contributed by atoms with Crippen molar-refractivity contribution in [1.82, 2.24) is 5.43 Å². The Bertz CT molecular complexity index is 1260. The van der Waals surface area contributed by atoms with Crippen molar-refractivity contribution in [3.05, 3.63) is 83.7 Å². The van der Waals surface area contributed by atoms with Gasteiger partial charge in [-0.15, -0.1) is 0 Å². The van der Waals surface area contributed by atoms with Crippen LogP contribution in [-0.4, -0.2) is 37.7 Å². The molecule has 0 bridgehead atoms. The molecule has 3 amide bonds. The van der Waals surface area contributed by atoms with Crippen LogP contribution in [0.1, 0.15) is 17.5 Å². The van der Waals surface area contributed by atoms with Crippen LogP contribution in [0.15, 0.2) is 71.8 Å². The highest BCUT2D eigenvalue weighted by atomic mass is 19.1. The van der Waals surface area contributed by atoms with Crippen LogP contribution < -0.4 is 25.5 Å². The third-order valence-corrected chi connectivity index (χ3v) is 4.75. The van der Waals surface area contributed by atoms with Gasteiger partial charge in [0.25, 0.3) is 5.91 Å². The van der Waals surface area contributed by atoms with Gasteiger partial charge in [-0.3, -0.25) is 14.4 Å². The molecule has 0 atom stereocenters. The molecule has 0 saturated carbocycles. The summed E-state index contributed by atoms with van der Waals surface area (Å²) in [5, 5.41) is 8.91. The number of nitrogens with zero attached hydrogens (tertiary/aromatic N) is 1. The lowest BCUT2D eigenvalue weighted by atomic mass is 10.2. The Morgan fingerprint density at radius 1 is 0.917 bits per heavy atom. The second-order valence-corrected chi connectivity index (χ2v) is 7.61. The maximum atomic E-state index is 13.7. The number of benzene rings is 3. The van der Waals surface area contributed by atoms with Crippen LogP contribution in [0, 0.1) is 12.7 Å². The molecular weight excluding hydrogens is 467 g/mol. The molecule has 0 saturated heterocycles. The van der Waals surface area contributed by atoms with Gasteiger partial charge in [0.2, 0.25) is 11.8 Å². The smallest absolute Gasteiger partial charge is 0.262 e. The number of hydrazone groups is 1. The third-order valence-electron chi connectivity index (χ3n) is 4.75. The number of halogens is 1. The number of hydrogen-bond acceptors (Lipinski definition) is 6. The number of amides is 3. The zero-order valence-electron chi connectivity index (χ0n) is 19.7. The van der Waals surface area contributed by atoms with E-state index in [2.05, 4.69) is 21.2 Å². The number of carbonyl (C=O) groups excluding carboxylic acids is 3. The van der Waals surface area contributed by atoms with Crippen molar-refractivity contribution in [3.63, 3.8) is 0 Å². The van der Waals surface area contributed by atoms with Crippen molar-refractivity contribution in [3.8, 4) is 11.5 Å². The topological polar surface area (TPSA) is 118 Å². The van der Waals surface area contributed by atoms with Crippen LogP contribution in [-0.2, 0) is 14.4 Å². The predicted molar refractivity (Wildman–Crippen MR) is 134 cm³/mol. The van der Waals surface area contributed by atoms with Crippen molar-refractivity contribution in [1.29, 1.82) is 0 Å². The van der Waals surface area contributed by atoms with E-state index in [0.29, 0.717) is 17.0 Å². The molecule has 0 fully saturated rings. The van der Waals surface area contributed by atoms with Gasteiger partial charge in [-0.25, -0.2) is 9.82 Å². The van der Waals surface area contributed by atoms with E-state index < -0.39 is 30.0 Å². The summed E-state index contributed by atoms with van der Waals surface area (Å²) in [6.45, 7) is 1.57. The fraction of sp³-hybridized carbons (Fsp3) is 0.154. The fourth-order valence-corrected chi connectivity index (χ4v) is 2.98. The van der Waals surface area contributed by atoms with Gasteiger partial charge in [0.15, 0.2) is 18.1 Å². The average Bonchev–Trinajstić information content (AvgIpc) is 2.85. The summed E-state index contributed by atoms with van der Waals surface area (Å²) in [6, 6.07) is 17.8. The summed E-state index contributed by atoms with van der Waals surface area (Å²) >= 11 is 0. The molecule has 3 aromatic carbocycles. The standard InChI is InChI=1S/C26H25FN4O5/c1-17-7-10-19(11-8-17)29-24(32)14-25(33)31-28-15-18-9-12-22(23(13-18)35-2)36-16-26(34)30-21-6-4-3-5-20(21)27/h3-13,15H,14,16H2,1-2H3,(H,29,32)(H,30,34)(H,31,33). The highest BCUT2D eigenvalue weighted by Gasteiger charge is 2.11. The Labute approximate surface area is 207 Å². The van der Waals surface area contributed by atoms with E-state index in [9.17, 15) is 18.8 Å². The first kappa shape index (κ1) is 25.9. The summed E-state index contributed by atoms with van der Waals surface area (Å²) in [6.07, 6.45) is 0.975. The Kier molecular flexibility index (Phi) is 9.10. The molecule has 3 aromatic rings. The van der Waals surface area contributed by atoms with E-state index >= 15 is 0 Å². The molecule has 9 nitrogen and oxygen atoms in total. The molecule has 3 rings (SSSR count). The minimum atomic E-state index is -0.580. The zero-order chi connectivity index (χ0) is 25.9. The first-order valence-corrected chi connectivity index (χ1v) is 10.9. The normalized spacial score (nSPS) is 10.5. The van der Waals surface area contributed by atoms with Crippen LogP contribution in [0.5, 0.6) is 11.5 Å². The van der Waals surface area contributed by atoms with Crippen LogP contribution in [0.2, 0.25) is 0 Å².